The number of methoxy groups -OCH3 is 2. The summed E-state index contributed by atoms with van der Waals surface area (Å²) in [5.41, 5.74) is 3.69. The third kappa shape index (κ3) is 19.6. The van der Waals surface area contributed by atoms with Gasteiger partial charge >= 0.3 is 35.5 Å². The number of allylic oxidation sites excluding steroid dienone is 3. The molecule has 1 aliphatic carbocycles. The number of rotatable bonds is 33. The molecule has 0 unspecified atom stereocenters. The first-order chi connectivity index (χ1) is 32.1. The van der Waals surface area contributed by atoms with Crippen molar-refractivity contribution in [1.82, 2.24) is 4.58 Å². The third-order valence-electron chi connectivity index (χ3n) is 11.2. The van der Waals surface area contributed by atoms with Gasteiger partial charge in [-0.3, -0.25) is 4.79 Å². The van der Waals surface area contributed by atoms with Crippen LogP contribution in [0, 0.1) is 0 Å². The first kappa shape index (κ1) is 59.3. The van der Waals surface area contributed by atoms with Gasteiger partial charge in [0.15, 0.2) is 13.1 Å². The molecule has 3 aliphatic rings. The average Bonchev–Trinajstić information content (AvgIpc) is 3.49. The maximum atomic E-state index is 12.1. The van der Waals surface area contributed by atoms with Gasteiger partial charge in [0.05, 0.1) is 90.2 Å². The number of hydrogen-bond acceptors (Lipinski definition) is 14. The van der Waals surface area contributed by atoms with Crippen LogP contribution >= 0.6 is 0 Å². The van der Waals surface area contributed by atoms with E-state index in [4.69, 9.17) is 47.4 Å². The molecule has 1 N–H and O–H groups in total. The summed E-state index contributed by atoms with van der Waals surface area (Å²) in [5.74, 6) is 0.533. The second kappa shape index (κ2) is 30.7. The van der Waals surface area contributed by atoms with Crippen molar-refractivity contribution in [2.45, 2.75) is 76.0 Å². The molecule has 374 valence electrons. The zero-order valence-electron chi connectivity index (χ0n) is 41.7. The van der Waals surface area contributed by atoms with Gasteiger partial charge in [0.2, 0.25) is 5.36 Å². The van der Waals surface area contributed by atoms with Crippen LogP contribution in [0.4, 0.5) is 5.69 Å². The van der Waals surface area contributed by atoms with E-state index in [9.17, 15) is 17.8 Å². The Hall–Kier alpha value is -3.01. The maximum absolute atomic E-state index is 12.1. The smallest absolute Gasteiger partial charge is 0.744 e. The normalized spacial score (nSPS) is 14.3. The van der Waals surface area contributed by atoms with Crippen LogP contribution in [0.15, 0.2) is 69.6 Å². The molecule has 0 amide bonds. The van der Waals surface area contributed by atoms with E-state index in [1.807, 2.05) is 32.1 Å². The van der Waals surface area contributed by atoms with Gasteiger partial charge in [-0.2, -0.15) is 0 Å². The van der Waals surface area contributed by atoms with Crippen molar-refractivity contribution in [3.05, 3.63) is 82.6 Å². The first-order valence-corrected chi connectivity index (χ1v) is 24.6. The fraction of sp³-hybridized carbons (Fsp3) is 0.600. The van der Waals surface area contributed by atoms with Crippen molar-refractivity contribution in [1.29, 1.82) is 0 Å². The molecule has 0 spiro atoms. The maximum Gasteiger partial charge on any atom is 1.00 e. The summed E-state index contributed by atoms with van der Waals surface area (Å²) in [7, 11) is -1.39. The van der Waals surface area contributed by atoms with E-state index in [2.05, 4.69) is 54.5 Å². The van der Waals surface area contributed by atoms with Crippen LogP contribution in [0.1, 0.15) is 77.2 Å². The topological polar surface area (TPSA) is 188 Å². The van der Waals surface area contributed by atoms with Gasteiger partial charge in [-0.05, 0) is 71.9 Å². The van der Waals surface area contributed by atoms with Gasteiger partial charge in [-0.15, -0.1) is 0 Å². The summed E-state index contributed by atoms with van der Waals surface area (Å²) in [6, 6.07) is 12.9. The summed E-state index contributed by atoms with van der Waals surface area (Å²) in [6.07, 6.45) is 7.94. The van der Waals surface area contributed by atoms with Crippen LogP contribution in [0.25, 0.3) is 17.4 Å². The molecule has 16 nitrogen and oxygen atoms in total. The van der Waals surface area contributed by atoms with Crippen molar-refractivity contribution >= 4 is 27.9 Å². The Balaban J connectivity index is 0.0000122. The van der Waals surface area contributed by atoms with Crippen LogP contribution in [0.5, 0.6) is 0 Å². The molecule has 0 bridgehead atoms. The standard InChI is InChI=1S/C50H74N2O14S.Na/c1-49(2,3)43-37-40(12-11-13-47-50(4,5)44-38-41(67(55,56)57)16-18-45(44)52(47)19-10-8-9-14-48(53)54)66-46-36-39(15-17-42(43)46)51(20-22-60-28-30-64-34-32-62-26-24-58-6)21-23-61-29-31-65-35-33-63-27-25-59-7;/h11-13,15-18,36-38H,8-10,14,19-35H2,1-7H3,(H-,53,54,55,56,57);/q;+1. The Morgan fingerprint density at radius 1 is 0.765 bits per heavy atom. The predicted octanol–water partition coefficient (Wildman–Crippen LogP) is 3.09. The fourth-order valence-electron chi connectivity index (χ4n) is 7.69. The van der Waals surface area contributed by atoms with Gasteiger partial charge in [0, 0.05) is 55.6 Å². The number of carboxylic acid groups (broad SMARTS) is 1. The molecular weight excluding hydrogens is 908 g/mol. The number of anilines is 1. The number of ether oxygens (including phenoxy) is 8. The van der Waals surface area contributed by atoms with Crippen LogP contribution in [-0.4, -0.2) is 150 Å². The fourth-order valence-corrected chi connectivity index (χ4v) is 8.19. The van der Waals surface area contributed by atoms with Crippen molar-refractivity contribution < 1.29 is 94.7 Å². The molecule has 0 saturated carbocycles. The Kier molecular flexibility index (Phi) is 26.7. The van der Waals surface area contributed by atoms with Gasteiger partial charge in [-0.25, -0.2) is 13.0 Å². The summed E-state index contributed by atoms with van der Waals surface area (Å²) in [6.45, 7) is 19.1. The van der Waals surface area contributed by atoms with Crippen LogP contribution in [-0.2, 0) is 63.6 Å². The van der Waals surface area contributed by atoms with Gasteiger partial charge < -0.3 is 56.9 Å². The minimum absolute atomic E-state index is 0. The molecule has 68 heavy (non-hydrogen) atoms. The minimum Gasteiger partial charge on any atom is -0.744 e. The van der Waals surface area contributed by atoms with E-state index < -0.39 is 21.5 Å². The Morgan fingerprint density at radius 3 is 1.82 bits per heavy atom. The van der Waals surface area contributed by atoms with Crippen molar-refractivity contribution in [3.8, 4) is 11.3 Å². The number of carboxylic acids is 1. The Morgan fingerprint density at radius 2 is 1.31 bits per heavy atom. The molecule has 2 heterocycles. The predicted molar refractivity (Wildman–Crippen MR) is 256 cm³/mol. The minimum atomic E-state index is -4.67. The number of hydrogen-bond donors (Lipinski definition) is 1. The second-order valence-corrected chi connectivity index (χ2v) is 19.0. The Bertz CT molecular complexity index is 2160. The summed E-state index contributed by atoms with van der Waals surface area (Å²) in [4.78, 5) is 13.0. The molecule has 2 aliphatic heterocycles. The molecule has 18 heteroatoms. The Labute approximate surface area is 425 Å². The molecule has 0 radical (unpaired) electrons. The molecule has 4 rings (SSSR count). The zero-order chi connectivity index (χ0) is 48.7. The van der Waals surface area contributed by atoms with E-state index >= 15 is 0 Å². The summed E-state index contributed by atoms with van der Waals surface area (Å²) >= 11 is 0. The zero-order valence-corrected chi connectivity index (χ0v) is 44.5. The van der Waals surface area contributed by atoms with Crippen LogP contribution < -0.4 is 44.4 Å². The summed E-state index contributed by atoms with van der Waals surface area (Å²) < 4.78 is 89.2. The van der Waals surface area contributed by atoms with Crippen LogP contribution in [0.2, 0.25) is 0 Å². The number of benzene rings is 2. The van der Waals surface area contributed by atoms with E-state index in [1.165, 1.54) is 12.1 Å². The molecule has 1 aromatic carbocycles. The second-order valence-electron chi connectivity index (χ2n) is 17.7. The van der Waals surface area contributed by atoms with Crippen molar-refractivity contribution in [3.63, 3.8) is 0 Å². The quantitative estimate of drug-likeness (QED) is 0.0406. The molecule has 1 aromatic rings. The van der Waals surface area contributed by atoms with E-state index in [0.29, 0.717) is 136 Å². The molecule has 0 fully saturated rings. The summed E-state index contributed by atoms with van der Waals surface area (Å²) in [5, 5.41) is 10.1. The van der Waals surface area contributed by atoms with Gasteiger partial charge in [0.1, 0.15) is 34.9 Å². The van der Waals surface area contributed by atoms with Crippen molar-refractivity contribution in [2.75, 3.05) is 131 Å². The monoisotopic (exact) mass is 981 g/mol. The molecule has 0 atom stereocenters. The first-order valence-electron chi connectivity index (χ1n) is 23.2. The van der Waals surface area contributed by atoms with E-state index in [1.54, 1.807) is 20.3 Å². The number of carbonyl (C=O) groups is 1. The van der Waals surface area contributed by atoms with Gasteiger partial charge in [0.25, 0.3) is 0 Å². The van der Waals surface area contributed by atoms with Crippen LogP contribution in [0.3, 0.4) is 0 Å². The van der Waals surface area contributed by atoms with Gasteiger partial charge in [-0.1, -0.05) is 47.1 Å². The van der Waals surface area contributed by atoms with Crippen molar-refractivity contribution in [2.24, 2.45) is 0 Å². The molecular formula is C50H74N2NaO14S+. The SMILES string of the molecule is COCCOCCOCCOCC[N+](CCOCCOCCOCCOC)=c1ccc2c(C(C)(C)C)cc(/C=C/C=C3/N(CCCCCC(=O)O)c4ccc(S(=O)(=O)[O-])cc4C3(C)C)oc-2c1.[Na+]. The molecule has 0 aromatic heterocycles. The largest absolute Gasteiger partial charge is 1.00 e. The number of unbranched alkanes of at least 4 members (excludes halogenated alkanes) is 2. The average molecular weight is 982 g/mol. The number of aliphatic carboxylic acids is 1. The molecule has 0 saturated heterocycles. The van der Waals surface area contributed by atoms with E-state index in [0.717, 1.165) is 39.9 Å². The van der Waals surface area contributed by atoms with E-state index in [-0.39, 0.29) is 46.3 Å². The third-order valence-corrected chi connectivity index (χ3v) is 12.1. The number of fused-ring (bicyclic) bond motifs is 2. The number of nitrogens with zero attached hydrogens (tertiary/aromatic N) is 2.